The summed E-state index contributed by atoms with van der Waals surface area (Å²) in [5.74, 6) is 2.65. The topological polar surface area (TPSA) is 47.7 Å². The fraction of sp³-hybridized carbons (Fsp3) is 0.571. The van der Waals surface area contributed by atoms with Gasteiger partial charge in [-0.1, -0.05) is 25.1 Å². The van der Waals surface area contributed by atoms with Crippen LogP contribution >= 0.6 is 0 Å². The van der Waals surface area contributed by atoms with Gasteiger partial charge in [0.1, 0.15) is 5.76 Å². The molecule has 1 aromatic carbocycles. The van der Waals surface area contributed by atoms with E-state index in [4.69, 9.17) is 14.0 Å². The highest BCUT2D eigenvalue weighted by Crippen LogP contribution is 2.37. The van der Waals surface area contributed by atoms with Gasteiger partial charge in [-0.2, -0.15) is 0 Å². The highest BCUT2D eigenvalue weighted by molar-refractivity contribution is 5.43. The molecule has 1 aliphatic rings. The van der Waals surface area contributed by atoms with Crippen LogP contribution in [0.25, 0.3) is 0 Å². The lowest BCUT2D eigenvalue weighted by molar-refractivity contribution is 0.244. The van der Waals surface area contributed by atoms with E-state index in [2.05, 4.69) is 43.0 Å². The van der Waals surface area contributed by atoms with E-state index in [-0.39, 0.29) is 0 Å². The Morgan fingerprint density at radius 1 is 1.27 bits per heavy atom. The zero-order valence-corrected chi connectivity index (χ0v) is 16.4. The molecular formula is C21H30N2O3. The number of methoxy groups -OCH3 is 1. The third-order valence-corrected chi connectivity index (χ3v) is 5.08. The summed E-state index contributed by atoms with van der Waals surface area (Å²) in [4.78, 5) is 2.53. The molecule has 5 heteroatoms. The molecule has 1 fully saturated rings. The predicted molar refractivity (Wildman–Crippen MR) is 102 cm³/mol. The maximum Gasteiger partial charge on any atom is 0.161 e. The Kier molecular flexibility index (Phi) is 6.20. The highest BCUT2D eigenvalue weighted by atomic mass is 16.5. The van der Waals surface area contributed by atoms with E-state index in [9.17, 15) is 0 Å². The first-order valence-corrected chi connectivity index (χ1v) is 9.66. The van der Waals surface area contributed by atoms with Gasteiger partial charge in [0.15, 0.2) is 11.5 Å². The summed E-state index contributed by atoms with van der Waals surface area (Å²) in [5, 5.41) is 4.20. The molecule has 1 saturated heterocycles. The first-order chi connectivity index (χ1) is 12.7. The van der Waals surface area contributed by atoms with E-state index in [1.54, 1.807) is 7.11 Å². The van der Waals surface area contributed by atoms with E-state index in [1.807, 2.05) is 6.07 Å². The standard InChI is InChI=1S/C21H30N2O3/c1-5-12-25-19-10-9-16(13-20(19)24-4)14-23-11-7-8-17(23)21-15(3)22-26-18(21)6-2/h9-10,13,17H,5-8,11-12,14H2,1-4H3/t17-/m1/s1. The fourth-order valence-electron chi connectivity index (χ4n) is 3.82. The van der Waals surface area contributed by atoms with Crippen molar-refractivity contribution in [2.45, 2.75) is 59.0 Å². The quantitative estimate of drug-likeness (QED) is 0.686. The van der Waals surface area contributed by atoms with Crippen LogP contribution in [-0.4, -0.2) is 30.3 Å². The molecular weight excluding hydrogens is 328 g/mol. The number of hydrogen-bond acceptors (Lipinski definition) is 5. The molecule has 0 aliphatic carbocycles. The second kappa shape index (κ2) is 8.58. The van der Waals surface area contributed by atoms with Crippen LogP contribution in [0.15, 0.2) is 22.7 Å². The summed E-state index contributed by atoms with van der Waals surface area (Å²) >= 11 is 0. The lowest BCUT2D eigenvalue weighted by Crippen LogP contribution is -2.23. The molecule has 0 unspecified atom stereocenters. The molecule has 1 aliphatic heterocycles. The smallest absolute Gasteiger partial charge is 0.161 e. The summed E-state index contributed by atoms with van der Waals surface area (Å²) in [7, 11) is 1.70. The molecule has 0 amide bonds. The van der Waals surface area contributed by atoms with E-state index >= 15 is 0 Å². The molecule has 1 aromatic heterocycles. The number of likely N-dealkylation sites (tertiary alicyclic amines) is 1. The Balaban J connectivity index is 1.78. The maximum atomic E-state index is 5.77. The Labute approximate surface area is 156 Å². The van der Waals surface area contributed by atoms with Crippen molar-refractivity contribution >= 4 is 0 Å². The van der Waals surface area contributed by atoms with Gasteiger partial charge in [0.25, 0.3) is 0 Å². The first-order valence-electron chi connectivity index (χ1n) is 9.66. The molecule has 26 heavy (non-hydrogen) atoms. The average Bonchev–Trinajstić information content (AvgIpc) is 3.25. The summed E-state index contributed by atoms with van der Waals surface area (Å²) in [5.41, 5.74) is 3.56. The molecule has 2 heterocycles. The van der Waals surface area contributed by atoms with Crippen molar-refractivity contribution in [3.05, 3.63) is 40.8 Å². The minimum Gasteiger partial charge on any atom is -0.493 e. The molecule has 0 saturated carbocycles. The molecule has 5 nitrogen and oxygen atoms in total. The number of aryl methyl sites for hydroxylation is 2. The number of rotatable bonds is 8. The van der Waals surface area contributed by atoms with Gasteiger partial charge in [-0.3, -0.25) is 4.90 Å². The van der Waals surface area contributed by atoms with Gasteiger partial charge in [0.2, 0.25) is 0 Å². The third kappa shape index (κ3) is 3.88. The van der Waals surface area contributed by atoms with E-state index in [0.29, 0.717) is 12.6 Å². The van der Waals surface area contributed by atoms with E-state index in [0.717, 1.165) is 55.3 Å². The van der Waals surface area contributed by atoms with Gasteiger partial charge in [0, 0.05) is 24.6 Å². The van der Waals surface area contributed by atoms with Gasteiger partial charge in [-0.05, 0) is 50.4 Å². The monoisotopic (exact) mass is 358 g/mol. The lowest BCUT2D eigenvalue weighted by Gasteiger charge is -2.25. The van der Waals surface area contributed by atoms with E-state index in [1.165, 1.54) is 17.5 Å². The zero-order valence-electron chi connectivity index (χ0n) is 16.4. The average molecular weight is 358 g/mol. The molecule has 1 atom stereocenters. The lowest BCUT2D eigenvalue weighted by atomic mass is 10.0. The number of benzene rings is 1. The molecule has 0 spiro atoms. The van der Waals surface area contributed by atoms with Crippen molar-refractivity contribution in [1.29, 1.82) is 0 Å². The normalized spacial score (nSPS) is 17.6. The predicted octanol–water partition coefficient (Wildman–Crippen LogP) is 4.68. The van der Waals surface area contributed by atoms with Crippen molar-refractivity contribution in [2.24, 2.45) is 0 Å². The molecule has 2 aromatic rings. The van der Waals surface area contributed by atoms with Crippen LogP contribution in [0, 0.1) is 6.92 Å². The highest BCUT2D eigenvalue weighted by Gasteiger charge is 2.31. The minimum absolute atomic E-state index is 0.387. The second-order valence-corrected chi connectivity index (χ2v) is 6.92. The summed E-state index contributed by atoms with van der Waals surface area (Å²) in [6.45, 7) is 8.97. The molecule has 142 valence electrons. The zero-order chi connectivity index (χ0) is 18.5. The van der Waals surface area contributed by atoms with Crippen molar-refractivity contribution in [3.8, 4) is 11.5 Å². The molecule has 0 N–H and O–H groups in total. The van der Waals surface area contributed by atoms with Gasteiger partial charge in [-0.15, -0.1) is 0 Å². The molecule has 0 bridgehead atoms. The van der Waals surface area contributed by atoms with Gasteiger partial charge in [0.05, 0.1) is 19.4 Å². The first kappa shape index (κ1) is 18.8. The van der Waals surface area contributed by atoms with Crippen LogP contribution in [0.4, 0.5) is 0 Å². The van der Waals surface area contributed by atoms with Crippen molar-refractivity contribution < 1.29 is 14.0 Å². The number of nitrogens with zero attached hydrogens (tertiary/aromatic N) is 2. The Morgan fingerprint density at radius 2 is 2.12 bits per heavy atom. The molecule has 3 rings (SSSR count). The second-order valence-electron chi connectivity index (χ2n) is 6.92. The van der Waals surface area contributed by atoms with Gasteiger partial charge in [-0.25, -0.2) is 0 Å². The maximum absolute atomic E-state index is 5.77. The van der Waals surface area contributed by atoms with E-state index < -0.39 is 0 Å². The molecule has 0 radical (unpaired) electrons. The Morgan fingerprint density at radius 3 is 2.85 bits per heavy atom. The SMILES string of the molecule is CCCOc1ccc(CN2CCC[C@@H]2c2c(C)noc2CC)cc1OC. The van der Waals surface area contributed by atoms with Crippen molar-refractivity contribution in [3.63, 3.8) is 0 Å². The Bertz CT molecular complexity index is 726. The van der Waals surface area contributed by atoms with Gasteiger partial charge < -0.3 is 14.0 Å². The minimum atomic E-state index is 0.387. The largest absolute Gasteiger partial charge is 0.493 e. The fourth-order valence-corrected chi connectivity index (χ4v) is 3.82. The van der Waals surface area contributed by atoms with Crippen molar-refractivity contribution in [2.75, 3.05) is 20.3 Å². The summed E-state index contributed by atoms with van der Waals surface area (Å²) in [6, 6.07) is 6.65. The Hall–Kier alpha value is -2.01. The van der Waals surface area contributed by atoms with Crippen molar-refractivity contribution in [1.82, 2.24) is 10.1 Å². The van der Waals surface area contributed by atoms with Crippen LogP contribution < -0.4 is 9.47 Å². The van der Waals surface area contributed by atoms with Crippen LogP contribution in [0.3, 0.4) is 0 Å². The summed E-state index contributed by atoms with van der Waals surface area (Å²) in [6.07, 6.45) is 4.23. The van der Waals surface area contributed by atoms with Crippen LogP contribution in [0.2, 0.25) is 0 Å². The van der Waals surface area contributed by atoms with Crippen LogP contribution in [0.5, 0.6) is 11.5 Å². The van der Waals surface area contributed by atoms with Crippen LogP contribution in [0.1, 0.15) is 61.7 Å². The number of aromatic nitrogens is 1. The number of ether oxygens (including phenoxy) is 2. The van der Waals surface area contributed by atoms with Crippen LogP contribution in [-0.2, 0) is 13.0 Å². The summed E-state index contributed by atoms with van der Waals surface area (Å²) < 4.78 is 16.8. The number of hydrogen-bond donors (Lipinski definition) is 0. The third-order valence-electron chi connectivity index (χ3n) is 5.08. The van der Waals surface area contributed by atoms with Gasteiger partial charge >= 0.3 is 0 Å².